The topological polar surface area (TPSA) is 55.3 Å². The van der Waals surface area contributed by atoms with Gasteiger partial charge in [0.05, 0.1) is 0 Å². The van der Waals surface area contributed by atoms with E-state index in [0.29, 0.717) is 12.4 Å². The van der Waals surface area contributed by atoms with Gasteiger partial charge in [-0.3, -0.25) is 4.90 Å². The number of carbonyl (C=O) groups is 1. The molecule has 0 radical (unpaired) electrons. The second-order valence-corrected chi connectivity index (χ2v) is 4.31. The standard InChI is InChI=1S/C14H14ClN3O2/c1-2-18(13-12(15)16-8-9-17-13)14(19)20-10-11-6-4-3-5-7-11/h3-9H,2,10H2,1H3. The highest BCUT2D eigenvalue weighted by atomic mass is 35.5. The number of hydrogen-bond donors (Lipinski definition) is 0. The molecule has 0 bridgehead atoms. The van der Waals surface area contributed by atoms with Crippen LogP contribution < -0.4 is 4.90 Å². The number of rotatable bonds is 4. The van der Waals surface area contributed by atoms with Crippen LogP contribution in [0.2, 0.25) is 5.15 Å². The first-order valence-corrected chi connectivity index (χ1v) is 6.55. The van der Waals surface area contributed by atoms with E-state index in [9.17, 15) is 4.79 Å². The van der Waals surface area contributed by atoms with Crippen LogP contribution in [0.15, 0.2) is 42.7 Å². The summed E-state index contributed by atoms with van der Waals surface area (Å²) in [6.45, 7) is 2.41. The monoisotopic (exact) mass is 291 g/mol. The molecule has 20 heavy (non-hydrogen) atoms. The zero-order valence-electron chi connectivity index (χ0n) is 11.0. The summed E-state index contributed by atoms with van der Waals surface area (Å²) in [5.41, 5.74) is 0.919. The van der Waals surface area contributed by atoms with E-state index in [2.05, 4.69) is 9.97 Å². The van der Waals surface area contributed by atoms with Crippen molar-refractivity contribution >= 4 is 23.5 Å². The third-order valence-electron chi connectivity index (χ3n) is 2.63. The van der Waals surface area contributed by atoms with Crippen molar-refractivity contribution in [2.24, 2.45) is 0 Å². The Kier molecular flexibility index (Phi) is 4.90. The summed E-state index contributed by atoms with van der Waals surface area (Å²) < 4.78 is 5.25. The Morgan fingerprint density at radius 1 is 1.25 bits per heavy atom. The molecule has 0 aliphatic heterocycles. The van der Waals surface area contributed by atoms with Gasteiger partial charge in [0.1, 0.15) is 6.61 Å². The number of halogens is 1. The lowest BCUT2D eigenvalue weighted by molar-refractivity contribution is 0.147. The highest BCUT2D eigenvalue weighted by molar-refractivity contribution is 6.32. The maximum absolute atomic E-state index is 12.1. The summed E-state index contributed by atoms with van der Waals surface area (Å²) in [6, 6.07) is 9.46. The molecule has 1 amide bonds. The molecule has 0 N–H and O–H groups in total. The van der Waals surface area contributed by atoms with Gasteiger partial charge in [0, 0.05) is 18.9 Å². The summed E-state index contributed by atoms with van der Waals surface area (Å²) >= 11 is 5.94. The molecule has 5 nitrogen and oxygen atoms in total. The van der Waals surface area contributed by atoms with E-state index in [4.69, 9.17) is 16.3 Å². The van der Waals surface area contributed by atoms with Crippen LogP contribution in [0.25, 0.3) is 0 Å². The molecule has 2 aromatic rings. The minimum absolute atomic E-state index is 0.172. The molecule has 0 aliphatic carbocycles. The molecule has 0 saturated heterocycles. The summed E-state index contributed by atoms with van der Waals surface area (Å²) in [6.07, 6.45) is 2.45. The Morgan fingerprint density at radius 2 is 1.95 bits per heavy atom. The fraction of sp³-hybridized carbons (Fsp3) is 0.214. The molecule has 1 heterocycles. The van der Waals surface area contributed by atoms with Crippen LogP contribution in [0.5, 0.6) is 0 Å². The van der Waals surface area contributed by atoms with Crippen molar-refractivity contribution < 1.29 is 9.53 Å². The minimum Gasteiger partial charge on any atom is -0.444 e. The molecule has 1 aromatic heterocycles. The molecular formula is C14H14ClN3O2. The Bertz CT molecular complexity index is 578. The minimum atomic E-state index is -0.501. The lowest BCUT2D eigenvalue weighted by Crippen LogP contribution is -2.32. The van der Waals surface area contributed by atoms with Crippen LogP contribution in [-0.2, 0) is 11.3 Å². The van der Waals surface area contributed by atoms with Crippen LogP contribution in [0.4, 0.5) is 10.6 Å². The number of ether oxygens (including phenoxy) is 1. The molecule has 0 saturated carbocycles. The quantitative estimate of drug-likeness (QED) is 0.867. The third kappa shape index (κ3) is 3.45. The second kappa shape index (κ2) is 6.86. The van der Waals surface area contributed by atoms with Gasteiger partial charge in [-0.25, -0.2) is 14.8 Å². The van der Waals surface area contributed by atoms with E-state index in [1.165, 1.54) is 17.3 Å². The van der Waals surface area contributed by atoms with Gasteiger partial charge in [-0.15, -0.1) is 0 Å². The number of anilines is 1. The molecule has 2 rings (SSSR count). The first kappa shape index (κ1) is 14.3. The lowest BCUT2D eigenvalue weighted by atomic mass is 10.2. The van der Waals surface area contributed by atoms with E-state index in [1.807, 2.05) is 37.3 Å². The summed E-state index contributed by atoms with van der Waals surface area (Å²) in [5.74, 6) is 0.301. The van der Waals surface area contributed by atoms with Crippen molar-refractivity contribution in [2.45, 2.75) is 13.5 Å². The molecule has 0 unspecified atom stereocenters. The average Bonchev–Trinajstić information content (AvgIpc) is 2.49. The smallest absolute Gasteiger partial charge is 0.415 e. The second-order valence-electron chi connectivity index (χ2n) is 3.96. The van der Waals surface area contributed by atoms with Crippen molar-refractivity contribution in [3.63, 3.8) is 0 Å². The van der Waals surface area contributed by atoms with E-state index >= 15 is 0 Å². The molecule has 6 heteroatoms. The molecule has 0 spiro atoms. The van der Waals surface area contributed by atoms with Gasteiger partial charge in [0.2, 0.25) is 0 Å². The normalized spacial score (nSPS) is 10.1. The fourth-order valence-corrected chi connectivity index (χ4v) is 1.86. The lowest BCUT2D eigenvalue weighted by Gasteiger charge is -2.19. The van der Waals surface area contributed by atoms with E-state index in [-0.39, 0.29) is 11.8 Å². The molecule has 0 aliphatic rings. The van der Waals surface area contributed by atoms with E-state index in [0.717, 1.165) is 5.56 Å². The molecule has 104 valence electrons. The van der Waals surface area contributed by atoms with Gasteiger partial charge in [0.25, 0.3) is 0 Å². The highest BCUT2D eigenvalue weighted by Crippen LogP contribution is 2.20. The first-order chi connectivity index (χ1) is 9.72. The van der Waals surface area contributed by atoms with Crippen molar-refractivity contribution in [3.05, 3.63) is 53.4 Å². The number of benzene rings is 1. The van der Waals surface area contributed by atoms with E-state index < -0.39 is 6.09 Å². The maximum Gasteiger partial charge on any atom is 0.415 e. The van der Waals surface area contributed by atoms with Crippen molar-refractivity contribution in [3.8, 4) is 0 Å². The average molecular weight is 292 g/mol. The molecule has 0 fully saturated rings. The van der Waals surface area contributed by atoms with Crippen LogP contribution in [0, 0.1) is 0 Å². The van der Waals surface area contributed by atoms with Gasteiger partial charge in [-0.1, -0.05) is 41.9 Å². The van der Waals surface area contributed by atoms with Gasteiger partial charge < -0.3 is 4.74 Å². The zero-order valence-corrected chi connectivity index (χ0v) is 11.7. The molecule has 1 aromatic carbocycles. The van der Waals surface area contributed by atoms with Gasteiger partial charge in [0.15, 0.2) is 11.0 Å². The Hall–Kier alpha value is -2.14. The maximum atomic E-state index is 12.1. The van der Waals surface area contributed by atoms with Crippen LogP contribution in [0.1, 0.15) is 12.5 Å². The van der Waals surface area contributed by atoms with E-state index in [1.54, 1.807) is 0 Å². The number of aromatic nitrogens is 2. The van der Waals surface area contributed by atoms with Crippen molar-refractivity contribution in [1.29, 1.82) is 0 Å². The first-order valence-electron chi connectivity index (χ1n) is 6.17. The van der Waals surface area contributed by atoms with Gasteiger partial charge >= 0.3 is 6.09 Å². The SMILES string of the molecule is CCN(C(=O)OCc1ccccc1)c1nccnc1Cl. The Labute approximate surface area is 122 Å². The largest absolute Gasteiger partial charge is 0.444 e. The third-order valence-corrected chi connectivity index (χ3v) is 2.90. The fourth-order valence-electron chi connectivity index (χ4n) is 1.66. The van der Waals surface area contributed by atoms with Crippen LogP contribution >= 0.6 is 11.6 Å². The number of nitrogens with zero attached hydrogens (tertiary/aromatic N) is 3. The van der Waals surface area contributed by atoms with Crippen molar-refractivity contribution in [1.82, 2.24) is 9.97 Å². The van der Waals surface area contributed by atoms with Gasteiger partial charge in [-0.05, 0) is 12.5 Å². The summed E-state index contributed by atoms with van der Waals surface area (Å²) in [7, 11) is 0. The number of hydrogen-bond acceptors (Lipinski definition) is 4. The van der Waals surface area contributed by atoms with Crippen molar-refractivity contribution in [2.75, 3.05) is 11.4 Å². The van der Waals surface area contributed by atoms with Crippen LogP contribution in [0.3, 0.4) is 0 Å². The van der Waals surface area contributed by atoms with Crippen LogP contribution in [-0.4, -0.2) is 22.6 Å². The Balaban J connectivity index is 2.05. The van der Waals surface area contributed by atoms with Gasteiger partial charge in [-0.2, -0.15) is 0 Å². The Morgan fingerprint density at radius 3 is 2.60 bits per heavy atom. The molecular weight excluding hydrogens is 278 g/mol. The molecule has 0 atom stereocenters. The predicted molar refractivity (Wildman–Crippen MR) is 76.7 cm³/mol. The summed E-state index contributed by atoms with van der Waals surface area (Å²) in [4.78, 5) is 21.4. The number of carbonyl (C=O) groups excluding carboxylic acids is 1. The highest BCUT2D eigenvalue weighted by Gasteiger charge is 2.19. The predicted octanol–water partition coefficient (Wildman–Crippen LogP) is 3.29. The summed E-state index contributed by atoms with van der Waals surface area (Å²) in [5, 5.41) is 0.172. The zero-order chi connectivity index (χ0) is 14.4. The number of amides is 1.